The van der Waals surface area contributed by atoms with Crippen LogP contribution in [0.4, 0.5) is 0 Å². The van der Waals surface area contributed by atoms with Crippen molar-refractivity contribution in [1.29, 1.82) is 0 Å². The Kier molecular flexibility index (Phi) is 3.77. The van der Waals surface area contributed by atoms with Gasteiger partial charge in [0.2, 0.25) is 0 Å². The lowest BCUT2D eigenvalue weighted by molar-refractivity contribution is 0.282. The minimum absolute atomic E-state index is 0.0242. The maximum absolute atomic E-state index is 12.6. The fourth-order valence-electron chi connectivity index (χ4n) is 2.53. The van der Waals surface area contributed by atoms with E-state index in [1.165, 1.54) is 0 Å². The standard InChI is InChI=1S/C18H18N2O2/c1-12-3-8-16-17(13(12)2)19-11-20(18(16)22)9-14-4-6-15(10-21)7-5-14/h3-8,11,21H,9-10H2,1-2H3. The second-order valence-corrected chi connectivity index (χ2v) is 5.56. The fourth-order valence-corrected chi connectivity index (χ4v) is 2.53. The van der Waals surface area contributed by atoms with Crippen LogP contribution in [0.3, 0.4) is 0 Å². The van der Waals surface area contributed by atoms with Gasteiger partial charge in [0.25, 0.3) is 5.56 Å². The summed E-state index contributed by atoms with van der Waals surface area (Å²) in [6.45, 7) is 4.50. The van der Waals surface area contributed by atoms with Crippen LogP contribution in [0.2, 0.25) is 0 Å². The molecule has 0 atom stereocenters. The molecule has 0 unspecified atom stereocenters. The van der Waals surface area contributed by atoms with E-state index in [4.69, 9.17) is 5.11 Å². The van der Waals surface area contributed by atoms with E-state index in [9.17, 15) is 4.79 Å². The maximum atomic E-state index is 12.6. The minimum atomic E-state index is -0.0284. The number of hydrogen-bond acceptors (Lipinski definition) is 3. The third-order valence-electron chi connectivity index (χ3n) is 4.08. The summed E-state index contributed by atoms with van der Waals surface area (Å²) in [6.07, 6.45) is 1.61. The number of aromatic nitrogens is 2. The molecule has 3 aromatic rings. The highest BCUT2D eigenvalue weighted by molar-refractivity contribution is 5.81. The highest BCUT2D eigenvalue weighted by Crippen LogP contribution is 2.16. The lowest BCUT2D eigenvalue weighted by Crippen LogP contribution is -2.21. The van der Waals surface area contributed by atoms with Gasteiger partial charge >= 0.3 is 0 Å². The van der Waals surface area contributed by atoms with Gasteiger partial charge in [0, 0.05) is 0 Å². The molecule has 112 valence electrons. The number of aliphatic hydroxyl groups excluding tert-OH is 1. The fraction of sp³-hybridized carbons (Fsp3) is 0.222. The second-order valence-electron chi connectivity index (χ2n) is 5.56. The van der Waals surface area contributed by atoms with Crippen molar-refractivity contribution in [1.82, 2.24) is 9.55 Å². The van der Waals surface area contributed by atoms with Gasteiger partial charge in [-0.3, -0.25) is 9.36 Å². The molecule has 1 aromatic heterocycles. The molecule has 0 aliphatic rings. The Bertz CT molecular complexity index is 880. The third-order valence-corrected chi connectivity index (χ3v) is 4.08. The smallest absolute Gasteiger partial charge is 0.261 e. The van der Waals surface area contributed by atoms with Crippen molar-refractivity contribution >= 4 is 10.9 Å². The predicted octanol–water partition coefficient (Wildman–Crippen LogP) is 2.55. The van der Waals surface area contributed by atoms with Crippen molar-refractivity contribution in [3.05, 3.63) is 75.3 Å². The monoisotopic (exact) mass is 294 g/mol. The molecule has 3 rings (SSSR count). The quantitative estimate of drug-likeness (QED) is 0.807. The van der Waals surface area contributed by atoms with Crippen LogP contribution in [0.1, 0.15) is 22.3 Å². The van der Waals surface area contributed by atoms with E-state index in [-0.39, 0.29) is 12.2 Å². The predicted molar refractivity (Wildman–Crippen MR) is 86.9 cm³/mol. The van der Waals surface area contributed by atoms with E-state index < -0.39 is 0 Å². The molecule has 2 aromatic carbocycles. The Hall–Kier alpha value is -2.46. The van der Waals surface area contributed by atoms with Gasteiger partial charge in [-0.25, -0.2) is 4.98 Å². The first-order valence-corrected chi connectivity index (χ1v) is 7.24. The van der Waals surface area contributed by atoms with Crippen molar-refractivity contribution in [3.8, 4) is 0 Å². The topological polar surface area (TPSA) is 55.1 Å². The third kappa shape index (κ3) is 2.53. The van der Waals surface area contributed by atoms with Crippen LogP contribution in [0.5, 0.6) is 0 Å². The van der Waals surface area contributed by atoms with Crippen LogP contribution in [0.15, 0.2) is 47.5 Å². The summed E-state index contributed by atoms with van der Waals surface area (Å²) in [6, 6.07) is 11.4. The van der Waals surface area contributed by atoms with Crippen molar-refractivity contribution in [2.45, 2.75) is 27.0 Å². The van der Waals surface area contributed by atoms with E-state index in [1.807, 2.05) is 50.2 Å². The van der Waals surface area contributed by atoms with Gasteiger partial charge in [-0.1, -0.05) is 30.3 Å². The van der Waals surface area contributed by atoms with Crippen molar-refractivity contribution < 1.29 is 5.11 Å². The van der Waals surface area contributed by atoms with E-state index >= 15 is 0 Å². The number of fused-ring (bicyclic) bond motifs is 1. The molecule has 0 spiro atoms. The van der Waals surface area contributed by atoms with E-state index in [1.54, 1.807) is 10.9 Å². The molecular formula is C18H18N2O2. The van der Waals surface area contributed by atoms with Crippen molar-refractivity contribution in [2.75, 3.05) is 0 Å². The Morgan fingerprint density at radius 3 is 2.41 bits per heavy atom. The molecular weight excluding hydrogens is 276 g/mol. The molecule has 0 aliphatic heterocycles. The molecule has 0 saturated heterocycles. The molecule has 4 heteroatoms. The summed E-state index contributed by atoms with van der Waals surface area (Å²) in [5.41, 5.74) is 4.80. The first-order chi connectivity index (χ1) is 10.6. The van der Waals surface area contributed by atoms with Gasteiger partial charge in [-0.2, -0.15) is 0 Å². The van der Waals surface area contributed by atoms with Crippen LogP contribution in [-0.4, -0.2) is 14.7 Å². The van der Waals surface area contributed by atoms with Crippen LogP contribution in [0.25, 0.3) is 10.9 Å². The zero-order valence-corrected chi connectivity index (χ0v) is 12.7. The van der Waals surface area contributed by atoms with Gasteiger partial charge in [0.05, 0.1) is 30.4 Å². The lowest BCUT2D eigenvalue weighted by Gasteiger charge is -2.09. The minimum Gasteiger partial charge on any atom is -0.392 e. The molecule has 0 bridgehead atoms. The van der Waals surface area contributed by atoms with Crippen LogP contribution >= 0.6 is 0 Å². The highest BCUT2D eigenvalue weighted by atomic mass is 16.3. The van der Waals surface area contributed by atoms with Crippen molar-refractivity contribution in [2.24, 2.45) is 0 Å². The van der Waals surface area contributed by atoms with E-state index in [2.05, 4.69) is 4.98 Å². The molecule has 0 saturated carbocycles. The number of aryl methyl sites for hydroxylation is 2. The molecule has 0 aliphatic carbocycles. The maximum Gasteiger partial charge on any atom is 0.261 e. The van der Waals surface area contributed by atoms with Crippen LogP contribution < -0.4 is 5.56 Å². The number of nitrogens with zero attached hydrogens (tertiary/aromatic N) is 2. The van der Waals surface area contributed by atoms with Crippen molar-refractivity contribution in [3.63, 3.8) is 0 Å². The summed E-state index contributed by atoms with van der Waals surface area (Å²) in [5.74, 6) is 0. The average molecular weight is 294 g/mol. The average Bonchev–Trinajstić information content (AvgIpc) is 2.54. The Morgan fingerprint density at radius 1 is 1.05 bits per heavy atom. The van der Waals surface area contributed by atoms with E-state index in [0.717, 1.165) is 27.8 Å². The summed E-state index contributed by atoms with van der Waals surface area (Å²) in [5, 5.41) is 9.71. The lowest BCUT2D eigenvalue weighted by atomic mass is 10.1. The Morgan fingerprint density at radius 2 is 1.73 bits per heavy atom. The summed E-state index contributed by atoms with van der Waals surface area (Å²) < 4.78 is 1.62. The Labute approximate surface area is 128 Å². The molecule has 1 heterocycles. The largest absolute Gasteiger partial charge is 0.392 e. The first kappa shape index (κ1) is 14.5. The second kappa shape index (κ2) is 5.73. The van der Waals surface area contributed by atoms with Gasteiger partial charge in [0.1, 0.15) is 0 Å². The molecule has 0 fully saturated rings. The molecule has 0 radical (unpaired) electrons. The number of rotatable bonds is 3. The molecule has 4 nitrogen and oxygen atoms in total. The summed E-state index contributed by atoms with van der Waals surface area (Å²) in [4.78, 5) is 17.1. The van der Waals surface area contributed by atoms with Gasteiger partial charge in [-0.05, 0) is 42.2 Å². The van der Waals surface area contributed by atoms with Crippen LogP contribution in [-0.2, 0) is 13.2 Å². The van der Waals surface area contributed by atoms with Gasteiger partial charge in [0.15, 0.2) is 0 Å². The van der Waals surface area contributed by atoms with E-state index in [0.29, 0.717) is 11.9 Å². The number of benzene rings is 2. The van der Waals surface area contributed by atoms with Gasteiger partial charge < -0.3 is 5.11 Å². The summed E-state index contributed by atoms with van der Waals surface area (Å²) in [7, 11) is 0. The first-order valence-electron chi connectivity index (χ1n) is 7.24. The zero-order chi connectivity index (χ0) is 15.7. The normalized spacial score (nSPS) is 11.0. The molecule has 1 N–H and O–H groups in total. The zero-order valence-electron chi connectivity index (χ0n) is 12.7. The SMILES string of the molecule is Cc1ccc2c(=O)n(Cc3ccc(CO)cc3)cnc2c1C. The number of hydrogen-bond donors (Lipinski definition) is 1. The highest BCUT2D eigenvalue weighted by Gasteiger charge is 2.08. The number of aliphatic hydroxyl groups is 1. The van der Waals surface area contributed by atoms with Crippen LogP contribution in [0, 0.1) is 13.8 Å². The Balaban J connectivity index is 2.02. The van der Waals surface area contributed by atoms with Gasteiger partial charge in [-0.15, -0.1) is 0 Å². The summed E-state index contributed by atoms with van der Waals surface area (Å²) >= 11 is 0. The molecule has 0 amide bonds. The molecule has 22 heavy (non-hydrogen) atoms.